The number of carbonyl (C=O) groups is 2. The van der Waals surface area contributed by atoms with E-state index in [1.165, 1.54) is 12.3 Å². The first kappa shape index (κ1) is 10.2. The Hall–Kier alpha value is -1.85. The zero-order valence-electron chi connectivity index (χ0n) is 7.56. The van der Waals surface area contributed by atoms with E-state index in [2.05, 4.69) is 15.0 Å². The minimum atomic E-state index is -1.07. The molecule has 1 atom stereocenters. The first-order valence-corrected chi connectivity index (χ1v) is 4.09. The van der Waals surface area contributed by atoms with Crippen LogP contribution in [0.5, 0.6) is 0 Å². The molecule has 6 heteroatoms. The standard InChI is InChI=1S/C8H10N2O4/c1-2-5(8(12)13)10-7(11)6-3-4-9-14-6/h3-5H,2H2,1H3,(H,10,11)(H,12,13)/t5-/m1/s1. The van der Waals surface area contributed by atoms with Gasteiger partial charge in [0.1, 0.15) is 6.04 Å². The molecule has 0 aliphatic heterocycles. The van der Waals surface area contributed by atoms with Crippen molar-refractivity contribution >= 4 is 11.9 Å². The molecule has 0 bridgehead atoms. The fraction of sp³-hybridized carbons (Fsp3) is 0.375. The van der Waals surface area contributed by atoms with Gasteiger partial charge in [0.25, 0.3) is 5.91 Å². The van der Waals surface area contributed by atoms with Crippen LogP contribution in [0.15, 0.2) is 16.8 Å². The quantitative estimate of drug-likeness (QED) is 0.724. The molecule has 1 amide bonds. The number of carbonyl (C=O) groups excluding carboxylic acids is 1. The number of nitrogens with zero attached hydrogens (tertiary/aromatic N) is 1. The molecule has 0 spiro atoms. The molecule has 1 aromatic rings. The molecule has 14 heavy (non-hydrogen) atoms. The van der Waals surface area contributed by atoms with Gasteiger partial charge in [-0.05, 0) is 6.42 Å². The lowest BCUT2D eigenvalue weighted by Gasteiger charge is -2.09. The SMILES string of the molecule is CC[C@@H](NC(=O)c1ccno1)C(=O)O. The lowest BCUT2D eigenvalue weighted by molar-refractivity contribution is -0.139. The van der Waals surface area contributed by atoms with Crippen LogP contribution in [0.1, 0.15) is 23.9 Å². The highest BCUT2D eigenvalue weighted by molar-refractivity contribution is 5.94. The van der Waals surface area contributed by atoms with Gasteiger partial charge in [-0.15, -0.1) is 0 Å². The topological polar surface area (TPSA) is 92.4 Å². The van der Waals surface area contributed by atoms with Crippen LogP contribution in [-0.4, -0.2) is 28.2 Å². The Balaban J connectivity index is 2.60. The number of hydrogen-bond acceptors (Lipinski definition) is 4. The van der Waals surface area contributed by atoms with Crippen LogP contribution in [0.25, 0.3) is 0 Å². The largest absolute Gasteiger partial charge is 0.480 e. The summed E-state index contributed by atoms with van der Waals surface area (Å²) >= 11 is 0. The van der Waals surface area contributed by atoms with E-state index in [0.717, 1.165) is 0 Å². The van der Waals surface area contributed by atoms with E-state index in [4.69, 9.17) is 5.11 Å². The molecule has 0 saturated heterocycles. The number of hydrogen-bond donors (Lipinski definition) is 2. The van der Waals surface area contributed by atoms with Gasteiger partial charge < -0.3 is 14.9 Å². The Morgan fingerprint density at radius 2 is 2.43 bits per heavy atom. The summed E-state index contributed by atoms with van der Waals surface area (Å²) in [5.74, 6) is -1.64. The first-order valence-electron chi connectivity index (χ1n) is 4.09. The average molecular weight is 198 g/mol. The Kier molecular flexibility index (Phi) is 3.22. The van der Waals surface area contributed by atoms with E-state index in [9.17, 15) is 9.59 Å². The minimum absolute atomic E-state index is 0.00435. The van der Waals surface area contributed by atoms with Crippen molar-refractivity contribution in [3.63, 3.8) is 0 Å². The van der Waals surface area contributed by atoms with E-state index in [0.29, 0.717) is 6.42 Å². The number of aliphatic carboxylic acids is 1. The number of rotatable bonds is 4. The molecule has 0 unspecified atom stereocenters. The number of aromatic nitrogens is 1. The molecule has 0 saturated carbocycles. The molecule has 76 valence electrons. The summed E-state index contributed by atoms with van der Waals surface area (Å²) in [6.45, 7) is 1.67. The molecule has 2 N–H and O–H groups in total. The van der Waals surface area contributed by atoms with Gasteiger partial charge in [-0.25, -0.2) is 4.79 Å². The zero-order chi connectivity index (χ0) is 10.6. The van der Waals surface area contributed by atoms with Crippen LogP contribution in [0.3, 0.4) is 0 Å². The van der Waals surface area contributed by atoms with E-state index in [1.54, 1.807) is 6.92 Å². The zero-order valence-corrected chi connectivity index (χ0v) is 7.56. The fourth-order valence-electron chi connectivity index (χ4n) is 0.901. The molecule has 0 aliphatic rings. The highest BCUT2D eigenvalue weighted by Crippen LogP contribution is 1.98. The van der Waals surface area contributed by atoms with Gasteiger partial charge in [-0.2, -0.15) is 0 Å². The normalized spacial score (nSPS) is 12.1. The molecule has 6 nitrogen and oxygen atoms in total. The van der Waals surface area contributed by atoms with E-state index < -0.39 is 17.9 Å². The Bertz CT molecular complexity index is 320. The number of amides is 1. The van der Waals surface area contributed by atoms with E-state index >= 15 is 0 Å². The second-order valence-corrected chi connectivity index (χ2v) is 2.65. The van der Waals surface area contributed by atoms with Crippen LogP contribution in [0.2, 0.25) is 0 Å². The second kappa shape index (κ2) is 4.40. The summed E-state index contributed by atoms with van der Waals surface area (Å²) in [5.41, 5.74) is 0. The summed E-state index contributed by atoms with van der Waals surface area (Å²) in [7, 11) is 0. The predicted molar refractivity (Wildman–Crippen MR) is 45.7 cm³/mol. The molecule has 1 heterocycles. The van der Waals surface area contributed by atoms with Crippen LogP contribution >= 0.6 is 0 Å². The van der Waals surface area contributed by atoms with Crippen molar-refractivity contribution in [2.24, 2.45) is 0 Å². The third kappa shape index (κ3) is 2.32. The van der Waals surface area contributed by atoms with E-state index in [1.807, 2.05) is 0 Å². The third-order valence-electron chi connectivity index (χ3n) is 1.67. The molecule has 0 fully saturated rings. The van der Waals surface area contributed by atoms with Crippen molar-refractivity contribution in [1.29, 1.82) is 0 Å². The number of carboxylic acids is 1. The second-order valence-electron chi connectivity index (χ2n) is 2.65. The summed E-state index contributed by atoms with van der Waals surface area (Å²) in [4.78, 5) is 21.8. The van der Waals surface area contributed by atoms with Crippen LogP contribution in [0.4, 0.5) is 0 Å². The van der Waals surface area contributed by atoms with E-state index in [-0.39, 0.29) is 5.76 Å². The lowest BCUT2D eigenvalue weighted by Crippen LogP contribution is -2.40. The third-order valence-corrected chi connectivity index (χ3v) is 1.67. The predicted octanol–water partition coefficient (Wildman–Crippen LogP) is 0.268. The van der Waals surface area contributed by atoms with Crippen LogP contribution in [0, 0.1) is 0 Å². The van der Waals surface area contributed by atoms with Crippen molar-refractivity contribution in [3.05, 3.63) is 18.0 Å². The van der Waals surface area contributed by atoms with Crippen molar-refractivity contribution in [2.75, 3.05) is 0 Å². The average Bonchev–Trinajstić information content (AvgIpc) is 2.65. The number of nitrogens with one attached hydrogen (secondary N) is 1. The van der Waals surface area contributed by atoms with Crippen molar-refractivity contribution in [3.8, 4) is 0 Å². The molecule has 0 aromatic carbocycles. The van der Waals surface area contributed by atoms with Crippen LogP contribution < -0.4 is 5.32 Å². The van der Waals surface area contributed by atoms with Gasteiger partial charge in [0, 0.05) is 6.07 Å². The van der Waals surface area contributed by atoms with Gasteiger partial charge in [-0.1, -0.05) is 12.1 Å². The summed E-state index contributed by atoms with van der Waals surface area (Å²) in [6, 6.07) is 0.469. The monoisotopic (exact) mass is 198 g/mol. The smallest absolute Gasteiger partial charge is 0.326 e. The molecule has 1 rings (SSSR count). The van der Waals surface area contributed by atoms with Gasteiger partial charge in [-0.3, -0.25) is 4.79 Å². The Morgan fingerprint density at radius 1 is 1.71 bits per heavy atom. The molecule has 0 radical (unpaired) electrons. The first-order chi connectivity index (χ1) is 6.65. The highest BCUT2D eigenvalue weighted by Gasteiger charge is 2.19. The highest BCUT2D eigenvalue weighted by atomic mass is 16.5. The Morgan fingerprint density at radius 3 is 2.86 bits per heavy atom. The van der Waals surface area contributed by atoms with Gasteiger partial charge >= 0.3 is 5.97 Å². The fourth-order valence-corrected chi connectivity index (χ4v) is 0.901. The maximum atomic E-state index is 11.3. The summed E-state index contributed by atoms with van der Waals surface area (Å²) in [5, 5.41) is 14.3. The minimum Gasteiger partial charge on any atom is -0.480 e. The van der Waals surface area contributed by atoms with Crippen molar-refractivity contribution < 1.29 is 19.2 Å². The maximum Gasteiger partial charge on any atom is 0.326 e. The summed E-state index contributed by atoms with van der Waals surface area (Å²) < 4.78 is 4.57. The molecule has 1 aromatic heterocycles. The lowest BCUT2D eigenvalue weighted by atomic mass is 10.2. The molecular weight excluding hydrogens is 188 g/mol. The molecular formula is C8H10N2O4. The van der Waals surface area contributed by atoms with Crippen molar-refractivity contribution in [2.45, 2.75) is 19.4 Å². The van der Waals surface area contributed by atoms with Crippen LogP contribution in [-0.2, 0) is 4.79 Å². The van der Waals surface area contributed by atoms with Gasteiger partial charge in [0.05, 0.1) is 6.20 Å². The van der Waals surface area contributed by atoms with Gasteiger partial charge in [0.2, 0.25) is 5.76 Å². The Labute approximate surface area is 79.9 Å². The summed E-state index contributed by atoms with van der Waals surface area (Å²) in [6.07, 6.45) is 1.63. The van der Waals surface area contributed by atoms with Gasteiger partial charge in [0.15, 0.2) is 0 Å². The maximum absolute atomic E-state index is 11.3. The van der Waals surface area contributed by atoms with Crippen molar-refractivity contribution in [1.82, 2.24) is 10.5 Å². The molecule has 0 aliphatic carbocycles. The number of carboxylic acid groups (broad SMARTS) is 1.